The largest absolute Gasteiger partial charge is 0.450 e. The van der Waals surface area contributed by atoms with Gasteiger partial charge in [-0.3, -0.25) is 10.7 Å². The second-order valence-electron chi connectivity index (χ2n) is 5.33. The maximum Gasteiger partial charge on any atom is 0.413 e. The van der Waals surface area contributed by atoms with E-state index in [4.69, 9.17) is 14.9 Å². The fourth-order valence-electron chi connectivity index (χ4n) is 2.41. The van der Waals surface area contributed by atoms with Crippen LogP contribution in [0.2, 0.25) is 0 Å². The van der Waals surface area contributed by atoms with Gasteiger partial charge in [0.05, 0.1) is 17.6 Å². The van der Waals surface area contributed by atoms with E-state index in [1.165, 1.54) is 4.57 Å². The summed E-state index contributed by atoms with van der Waals surface area (Å²) in [5, 5.41) is 10.9. The quantitative estimate of drug-likeness (QED) is 0.562. The third-order valence-corrected chi connectivity index (χ3v) is 3.46. The van der Waals surface area contributed by atoms with Crippen molar-refractivity contribution in [3.05, 3.63) is 54.1 Å². The molecule has 0 fully saturated rings. The van der Waals surface area contributed by atoms with Gasteiger partial charge in [-0.15, -0.1) is 0 Å². The highest BCUT2D eigenvalue weighted by Crippen LogP contribution is 2.21. The number of nitrogens with one attached hydrogen (secondary N) is 2. The van der Waals surface area contributed by atoms with Gasteiger partial charge in [-0.05, 0) is 43.7 Å². The number of aromatic nitrogens is 2. The molecule has 0 saturated carbocycles. The molecule has 1 heterocycles. The van der Waals surface area contributed by atoms with Crippen LogP contribution in [0.4, 0.5) is 10.7 Å². The number of carbonyl (C=O) groups is 1. The van der Waals surface area contributed by atoms with Gasteiger partial charge in [0, 0.05) is 0 Å². The lowest BCUT2D eigenvalue weighted by Gasteiger charge is -2.12. The summed E-state index contributed by atoms with van der Waals surface area (Å²) in [5.74, 6) is 0.696. The van der Waals surface area contributed by atoms with Gasteiger partial charge >= 0.3 is 12.1 Å². The first-order valence-corrected chi connectivity index (χ1v) is 7.83. The molecule has 0 saturated heterocycles. The molecule has 1 aromatic heterocycles. The Balaban J connectivity index is 1.97. The summed E-state index contributed by atoms with van der Waals surface area (Å²) in [6, 6.07) is 14.5. The molecule has 0 radical (unpaired) electrons. The van der Waals surface area contributed by atoms with Crippen molar-refractivity contribution in [3.8, 4) is 5.75 Å². The third kappa shape index (κ3) is 3.60. The van der Waals surface area contributed by atoms with Crippen molar-refractivity contribution in [2.75, 3.05) is 11.9 Å². The summed E-state index contributed by atoms with van der Waals surface area (Å²) in [7, 11) is 0. The molecule has 0 unspecified atom stereocenters. The van der Waals surface area contributed by atoms with E-state index in [0.29, 0.717) is 16.8 Å². The van der Waals surface area contributed by atoms with Crippen LogP contribution in [0.15, 0.2) is 48.5 Å². The molecule has 7 nitrogen and oxygen atoms in total. The lowest BCUT2D eigenvalue weighted by Crippen LogP contribution is -2.23. The number of aryl methyl sites for hydroxylation is 1. The molecule has 3 aromatic rings. The smallest absolute Gasteiger partial charge is 0.413 e. The van der Waals surface area contributed by atoms with Crippen molar-refractivity contribution in [1.82, 2.24) is 9.55 Å². The first kappa shape index (κ1) is 16.5. The Hall–Kier alpha value is -3.35. The molecule has 7 heteroatoms. The van der Waals surface area contributed by atoms with Crippen LogP contribution >= 0.6 is 0 Å². The van der Waals surface area contributed by atoms with Crippen molar-refractivity contribution in [1.29, 1.82) is 5.41 Å². The molecule has 2 aromatic carbocycles. The van der Waals surface area contributed by atoms with Gasteiger partial charge in [0.25, 0.3) is 0 Å². The van der Waals surface area contributed by atoms with Crippen LogP contribution in [0, 0.1) is 12.3 Å². The molecule has 0 spiro atoms. The number of amides is 1. The number of fused-ring (bicyclic) bond motifs is 1. The van der Waals surface area contributed by atoms with Gasteiger partial charge in [0.15, 0.2) is 0 Å². The zero-order valence-electron chi connectivity index (χ0n) is 13.9. The minimum atomic E-state index is -0.637. The Morgan fingerprint density at radius 1 is 1.24 bits per heavy atom. The average molecular weight is 338 g/mol. The van der Waals surface area contributed by atoms with Gasteiger partial charge in [-0.25, -0.2) is 14.3 Å². The number of para-hydroxylation sites is 2. The number of benzene rings is 2. The Bertz CT molecular complexity index is 933. The minimum absolute atomic E-state index is 0.164. The predicted octanol–water partition coefficient (Wildman–Crippen LogP) is 3.77. The topological polar surface area (TPSA) is 89.2 Å². The standard InChI is InChI=1S/C18H18N4O3/c1-3-24-18(23)21-17-20-14-9-4-5-10-15(14)22(17)16(19)25-13-8-6-7-12(2)11-13/h4-11,19H,3H2,1-2H3,(H,20,21,23). The van der Waals surface area contributed by atoms with Crippen LogP contribution in [-0.4, -0.2) is 28.3 Å². The van der Waals surface area contributed by atoms with E-state index >= 15 is 0 Å². The maximum atomic E-state index is 11.8. The van der Waals surface area contributed by atoms with Crippen molar-refractivity contribution >= 4 is 29.1 Å². The van der Waals surface area contributed by atoms with Gasteiger partial charge in [-0.2, -0.15) is 0 Å². The molecule has 0 aliphatic carbocycles. The number of hydrogen-bond donors (Lipinski definition) is 2. The molecule has 0 bridgehead atoms. The molecule has 0 atom stereocenters. The number of carbonyl (C=O) groups excluding carboxylic acids is 1. The van der Waals surface area contributed by atoms with Gasteiger partial charge < -0.3 is 9.47 Å². The fourth-order valence-corrected chi connectivity index (χ4v) is 2.41. The summed E-state index contributed by atoms with van der Waals surface area (Å²) in [4.78, 5) is 16.1. The van der Waals surface area contributed by atoms with Crippen molar-refractivity contribution < 1.29 is 14.3 Å². The second-order valence-corrected chi connectivity index (χ2v) is 5.33. The van der Waals surface area contributed by atoms with Crippen LogP contribution < -0.4 is 10.1 Å². The molecule has 2 N–H and O–H groups in total. The average Bonchev–Trinajstić information content (AvgIpc) is 2.92. The molecule has 1 amide bonds. The lowest BCUT2D eigenvalue weighted by atomic mass is 10.2. The SMILES string of the molecule is CCOC(=O)Nc1nc2ccccc2n1C(=N)Oc1cccc(C)c1. The first-order valence-electron chi connectivity index (χ1n) is 7.83. The summed E-state index contributed by atoms with van der Waals surface area (Å²) in [6.45, 7) is 3.89. The number of nitrogens with zero attached hydrogens (tertiary/aromatic N) is 2. The molecular formula is C18H18N4O3. The van der Waals surface area contributed by atoms with Crippen molar-refractivity contribution in [3.63, 3.8) is 0 Å². The van der Waals surface area contributed by atoms with Gasteiger partial charge in [0.1, 0.15) is 5.75 Å². The van der Waals surface area contributed by atoms with E-state index in [1.807, 2.05) is 37.3 Å². The van der Waals surface area contributed by atoms with Gasteiger partial charge in [0.2, 0.25) is 5.95 Å². The molecule has 3 rings (SSSR count). The summed E-state index contributed by atoms with van der Waals surface area (Å²) in [6.07, 6.45) is -0.637. The van der Waals surface area contributed by atoms with Crippen molar-refractivity contribution in [2.24, 2.45) is 0 Å². The van der Waals surface area contributed by atoms with E-state index in [2.05, 4.69) is 10.3 Å². The van der Waals surface area contributed by atoms with Crippen molar-refractivity contribution in [2.45, 2.75) is 13.8 Å². The Labute approximate surface area is 144 Å². The first-order chi connectivity index (χ1) is 12.1. The highest BCUT2D eigenvalue weighted by atomic mass is 16.5. The van der Waals surface area contributed by atoms with E-state index < -0.39 is 6.09 Å². The normalized spacial score (nSPS) is 10.5. The Morgan fingerprint density at radius 3 is 2.80 bits per heavy atom. The monoisotopic (exact) mass is 338 g/mol. The number of hydrogen-bond acceptors (Lipinski definition) is 5. The van der Waals surface area contributed by atoms with Crippen LogP contribution in [0.5, 0.6) is 5.75 Å². The van der Waals surface area contributed by atoms with Crippen LogP contribution in [0.25, 0.3) is 11.0 Å². The summed E-state index contributed by atoms with van der Waals surface area (Å²) < 4.78 is 12.0. The predicted molar refractivity (Wildman–Crippen MR) is 95.3 cm³/mol. The number of anilines is 1. The lowest BCUT2D eigenvalue weighted by molar-refractivity contribution is 0.167. The molecule has 128 valence electrons. The van der Waals surface area contributed by atoms with E-state index in [0.717, 1.165) is 5.56 Å². The summed E-state index contributed by atoms with van der Waals surface area (Å²) >= 11 is 0. The second kappa shape index (κ2) is 7.04. The zero-order chi connectivity index (χ0) is 17.8. The Kier molecular flexibility index (Phi) is 4.65. The molecule has 0 aliphatic rings. The van der Waals surface area contributed by atoms with Crippen LogP contribution in [0.3, 0.4) is 0 Å². The Morgan fingerprint density at radius 2 is 2.04 bits per heavy atom. The van der Waals surface area contributed by atoms with Gasteiger partial charge in [-0.1, -0.05) is 24.3 Å². The van der Waals surface area contributed by atoms with E-state index in [9.17, 15) is 4.79 Å². The zero-order valence-corrected chi connectivity index (χ0v) is 13.9. The summed E-state index contributed by atoms with van der Waals surface area (Å²) in [5.41, 5.74) is 2.30. The number of rotatable bonds is 3. The number of ether oxygens (including phenoxy) is 2. The fraction of sp³-hybridized carbons (Fsp3) is 0.167. The maximum absolute atomic E-state index is 11.8. The molecular weight excluding hydrogens is 320 g/mol. The number of imidazole rings is 1. The minimum Gasteiger partial charge on any atom is -0.450 e. The van der Waals surface area contributed by atoms with E-state index in [1.54, 1.807) is 25.1 Å². The van der Waals surface area contributed by atoms with E-state index in [-0.39, 0.29) is 18.6 Å². The van der Waals surface area contributed by atoms with Crippen LogP contribution in [-0.2, 0) is 4.74 Å². The highest BCUT2D eigenvalue weighted by molar-refractivity contribution is 5.95. The van der Waals surface area contributed by atoms with Crippen LogP contribution in [0.1, 0.15) is 12.5 Å². The highest BCUT2D eigenvalue weighted by Gasteiger charge is 2.18. The molecule has 25 heavy (non-hydrogen) atoms. The molecule has 0 aliphatic heterocycles. The third-order valence-electron chi connectivity index (χ3n) is 3.46.